The SMILES string of the molecule is CN(C)c1nnc(SCCC(=O)ONN)s1. The van der Waals surface area contributed by atoms with Crippen LogP contribution in [-0.2, 0) is 9.63 Å². The van der Waals surface area contributed by atoms with Gasteiger partial charge < -0.3 is 9.74 Å². The van der Waals surface area contributed by atoms with Crippen molar-refractivity contribution in [3.8, 4) is 0 Å². The number of aromatic nitrogens is 2. The molecule has 90 valence electrons. The molecule has 0 saturated heterocycles. The predicted molar refractivity (Wildman–Crippen MR) is 63.0 cm³/mol. The number of carbonyl (C=O) groups is 1. The van der Waals surface area contributed by atoms with Crippen LogP contribution >= 0.6 is 23.1 Å². The molecule has 1 heterocycles. The first-order chi connectivity index (χ1) is 7.63. The van der Waals surface area contributed by atoms with Gasteiger partial charge in [0.15, 0.2) is 4.34 Å². The highest BCUT2D eigenvalue weighted by Crippen LogP contribution is 2.27. The number of thioether (sulfide) groups is 1. The Morgan fingerprint density at radius 2 is 2.38 bits per heavy atom. The summed E-state index contributed by atoms with van der Waals surface area (Å²) < 4.78 is 0.831. The van der Waals surface area contributed by atoms with Crippen molar-refractivity contribution in [1.82, 2.24) is 15.8 Å². The lowest BCUT2D eigenvalue weighted by Gasteiger charge is -2.03. The zero-order valence-electron chi connectivity index (χ0n) is 8.97. The topological polar surface area (TPSA) is 93.4 Å². The van der Waals surface area contributed by atoms with Gasteiger partial charge in [0.25, 0.3) is 0 Å². The maximum absolute atomic E-state index is 10.9. The van der Waals surface area contributed by atoms with Crippen molar-refractivity contribution >= 4 is 34.2 Å². The van der Waals surface area contributed by atoms with Crippen molar-refractivity contribution < 1.29 is 9.63 Å². The van der Waals surface area contributed by atoms with Crippen LogP contribution in [0.2, 0.25) is 0 Å². The van der Waals surface area contributed by atoms with Crippen molar-refractivity contribution in [2.75, 3.05) is 24.7 Å². The molecular weight excluding hydrogens is 250 g/mol. The summed E-state index contributed by atoms with van der Waals surface area (Å²) in [4.78, 5) is 17.2. The number of nitrogens with one attached hydrogen (secondary N) is 1. The molecule has 0 aliphatic rings. The van der Waals surface area contributed by atoms with Crippen LogP contribution < -0.4 is 16.3 Å². The standard InChI is InChI=1S/C7H13N5O2S2/c1-12(2)6-9-10-7(16-6)15-4-3-5(13)14-11-8/h11H,3-4,8H2,1-2H3. The van der Waals surface area contributed by atoms with Gasteiger partial charge >= 0.3 is 5.97 Å². The summed E-state index contributed by atoms with van der Waals surface area (Å²) in [5.74, 6) is 5.01. The molecule has 0 aromatic carbocycles. The van der Waals surface area contributed by atoms with Crippen molar-refractivity contribution in [1.29, 1.82) is 0 Å². The molecule has 0 aliphatic carbocycles. The second-order valence-electron chi connectivity index (χ2n) is 2.94. The Bertz CT molecular complexity index is 343. The average Bonchev–Trinajstić information content (AvgIpc) is 2.67. The number of carbonyl (C=O) groups excluding carboxylic acids is 1. The number of hydrogen-bond donors (Lipinski definition) is 2. The fraction of sp³-hybridized carbons (Fsp3) is 0.571. The van der Waals surface area contributed by atoms with Crippen LogP contribution in [0.15, 0.2) is 4.34 Å². The van der Waals surface area contributed by atoms with E-state index in [1.54, 1.807) is 0 Å². The minimum atomic E-state index is -0.396. The highest BCUT2D eigenvalue weighted by molar-refractivity contribution is 8.01. The second kappa shape index (κ2) is 6.63. The van der Waals surface area contributed by atoms with Gasteiger partial charge in [0.2, 0.25) is 5.13 Å². The molecule has 0 radical (unpaired) electrons. The van der Waals surface area contributed by atoms with E-state index in [0.717, 1.165) is 9.47 Å². The molecule has 0 amide bonds. The molecule has 0 unspecified atom stereocenters. The van der Waals surface area contributed by atoms with E-state index < -0.39 is 5.97 Å². The number of hydrazine groups is 1. The summed E-state index contributed by atoms with van der Waals surface area (Å²) in [5.41, 5.74) is 1.84. The first kappa shape index (κ1) is 13.2. The van der Waals surface area contributed by atoms with E-state index in [9.17, 15) is 4.79 Å². The Hall–Kier alpha value is -0.900. The maximum atomic E-state index is 10.9. The summed E-state index contributed by atoms with van der Waals surface area (Å²) in [6.45, 7) is 0. The van der Waals surface area contributed by atoms with Crippen LogP contribution in [0.3, 0.4) is 0 Å². The first-order valence-electron chi connectivity index (χ1n) is 4.42. The Morgan fingerprint density at radius 1 is 1.62 bits per heavy atom. The van der Waals surface area contributed by atoms with Crippen molar-refractivity contribution in [2.45, 2.75) is 10.8 Å². The van der Waals surface area contributed by atoms with Crippen LogP contribution in [0.1, 0.15) is 6.42 Å². The third-order valence-electron chi connectivity index (χ3n) is 1.48. The second-order valence-corrected chi connectivity index (χ2v) is 5.23. The van der Waals surface area contributed by atoms with E-state index in [1.807, 2.05) is 24.6 Å². The summed E-state index contributed by atoms with van der Waals surface area (Å²) in [5, 5.41) is 8.79. The summed E-state index contributed by atoms with van der Waals surface area (Å²) >= 11 is 2.94. The van der Waals surface area contributed by atoms with E-state index in [-0.39, 0.29) is 6.42 Å². The van der Waals surface area contributed by atoms with E-state index >= 15 is 0 Å². The van der Waals surface area contributed by atoms with Crippen molar-refractivity contribution in [3.63, 3.8) is 0 Å². The number of hydrogen-bond acceptors (Lipinski definition) is 9. The number of anilines is 1. The molecule has 0 spiro atoms. The van der Waals surface area contributed by atoms with Crippen LogP contribution in [0.4, 0.5) is 5.13 Å². The average molecular weight is 263 g/mol. The third kappa shape index (κ3) is 4.31. The minimum absolute atomic E-state index is 0.270. The molecule has 7 nitrogen and oxygen atoms in total. The van der Waals surface area contributed by atoms with Crippen molar-refractivity contribution in [3.05, 3.63) is 0 Å². The van der Waals surface area contributed by atoms with Gasteiger partial charge in [0, 0.05) is 19.8 Å². The lowest BCUT2D eigenvalue weighted by molar-refractivity contribution is -0.150. The number of nitrogens with zero attached hydrogens (tertiary/aromatic N) is 3. The summed E-state index contributed by atoms with van der Waals surface area (Å²) in [6.07, 6.45) is 0.270. The molecular formula is C7H13N5O2S2. The number of nitrogens with two attached hydrogens (primary N) is 1. The van der Waals surface area contributed by atoms with Gasteiger partial charge in [0.1, 0.15) is 0 Å². The molecule has 0 aliphatic heterocycles. The smallest absolute Gasteiger partial charge is 0.327 e. The third-order valence-corrected chi connectivity index (χ3v) is 3.71. The number of rotatable bonds is 6. The highest BCUT2D eigenvalue weighted by atomic mass is 32.2. The summed E-state index contributed by atoms with van der Waals surface area (Å²) in [7, 11) is 3.80. The molecule has 0 saturated carbocycles. The Morgan fingerprint density at radius 3 is 2.94 bits per heavy atom. The van der Waals surface area contributed by atoms with Crippen LogP contribution in [-0.4, -0.2) is 36.0 Å². The lowest BCUT2D eigenvalue weighted by atomic mass is 10.5. The summed E-state index contributed by atoms with van der Waals surface area (Å²) in [6, 6.07) is 0. The fourth-order valence-electron chi connectivity index (χ4n) is 0.780. The van der Waals surface area contributed by atoms with Gasteiger partial charge in [-0.25, -0.2) is 5.84 Å². The molecule has 16 heavy (non-hydrogen) atoms. The zero-order chi connectivity index (χ0) is 12.0. The normalized spacial score (nSPS) is 10.2. The predicted octanol–water partition coefficient (Wildman–Crippen LogP) is 0.00780. The Balaban J connectivity index is 2.29. The minimum Gasteiger partial charge on any atom is -0.356 e. The Kier molecular flexibility index (Phi) is 5.46. The first-order valence-corrected chi connectivity index (χ1v) is 6.22. The van der Waals surface area contributed by atoms with Crippen molar-refractivity contribution in [2.24, 2.45) is 5.84 Å². The van der Waals surface area contributed by atoms with Crippen LogP contribution in [0.25, 0.3) is 0 Å². The van der Waals surface area contributed by atoms with Gasteiger partial charge in [0.05, 0.1) is 6.42 Å². The molecule has 1 rings (SSSR count). The largest absolute Gasteiger partial charge is 0.356 e. The molecule has 1 aromatic heterocycles. The highest BCUT2D eigenvalue weighted by Gasteiger charge is 2.08. The fourth-order valence-corrected chi connectivity index (χ4v) is 2.53. The Labute approximate surface area is 101 Å². The molecule has 3 N–H and O–H groups in total. The lowest BCUT2D eigenvalue weighted by Crippen LogP contribution is -2.26. The molecule has 0 bridgehead atoms. The van der Waals surface area contributed by atoms with Gasteiger partial charge in [-0.05, 0) is 0 Å². The van der Waals surface area contributed by atoms with Gasteiger partial charge in [-0.3, -0.25) is 4.79 Å². The van der Waals surface area contributed by atoms with Gasteiger partial charge in [-0.1, -0.05) is 28.7 Å². The van der Waals surface area contributed by atoms with Crippen LogP contribution in [0.5, 0.6) is 0 Å². The molecule has 0 fully saturated rings. The van der Waals surface area contributed by atoms with E-state index in [4.69, 9.17) is 5.84 Å². The molecule has 9 heteroatoms. The quantitative estimate of drug-likeness (QED) is 0.421. The monoisotopic (exact) mass is 263 g/mol. The maximum Gasteiger partial charge on any atom is 0.327 e. The molecule has 1 aromatic rings. The van der Waals surface area contributed by atoms with Gasteiger partial charge in [-0.2, -0.15) is 0 Å². The van der Waals surface area contributed by atoms with Crippen LogP contribution in [0, 0.1) is 0 Å². The van der Waals surface area contributed by atoms with E-state index in [1.165, 1.54) is 23.1 Å². The van der Waals surface area contributed by atoms with E-state index in [2.05, 4.69) is 15.0 Å². The molecule has 0 atom stereocenters. The van der Waals surface area contributed by atoms with Gasteiger partial charge in [-0.15, -0.1) is 10.2 Å². The zero-order valence-corrected chi connectivity index (χ0v) is 10.6. The van der Waals surface area contributed by atoms with E-state index in [0.29, 0.717) is 5.75 Å².